The van der Waals surface area contributed by atoms with Gasteiger partial charge in [0, 0.05) is 41.7 Å². The fraction of sp³-hybridized carbons (Fsp3) is 0.222. The molecule has 1 aliphatic heterocycles. The van der Waals surface area contributed by atoms with Gasteiger partial charge in [0.15, 0.2) is 0 Å². The smallest absolute Gasteiger partial charge is 0.254 e. The second kappa shape index (κ2) is 6.28. The third kappa shape index (κ3) is 2.78. The van der Waals surface area contributed by atoms with Gasteiger partial charge in [-0.25, -0.2) is 0 Å². The lowest BCUT2D eigenvalue weighted by molar-refractivity contribution is 0.0749. The Bertz CT molecular complexity index is 883. The summed E-state index contributed by atoms with van der Waals surface area (Å²) in [5, 5.41) is 7.85. The molecule has 24 heavy (non-hydrogen) atoms. The Labute approximate surface area is 148 Å². The van der Waals surface area contributed by atoms with Crippen molar-refractivity contribution < 1.29 is 4.79 Å². The Morgan fingerprint density at radius 1 is 1.08 bits per heavy atom. The van der Waals surface area contributed by atoms with E-state index in [1.807, 2.05) is 35.2 Å². The van der Waals surface area contributed by atoms with Crippen molar-refractivity contribution in [2.75, 3.05) is 31.1 Å². The van der Waals surface area contributed by atoms with Crippen molar-refractivity contribution >= 4 is 38.4 Å². The number of aromatic nitrogens is 2. The van der Waals surface area contributed by atoms with Crippen LogP contribution in [0, 0.1) is 0 Å². The van der Waals surface area contributed by atoms with E-state index >= 15 is 0 Å². The maximum absolute atomic E-state index is 12.9. The molecule has 1 aliphatic rings. The zero-order valence-corrected chi connectivity index (χ0v) is 14.7. The molecule has 0 spiro atoms. The molecule has 1 N–H and O–H groups in total. The SMILES string of the molecule is O=C(c1cccc2[nH]ncc12)N1CCN(c2cccc(Br)c2)CC1. The third-order valence-electron chi connectivity index (χ3n) is 4.46. The van der Waals surface area contributed by atoms with Gasteiger partial charge in [-0.1, -0.05) is 28.1 Å². The summed E-state index contributed by atoms with van der Waals surface area (Å²) >= 11 is 3.51. The van der Waals surface area contributed by atoms with Crippen molar-refractivity contribution in [1.82, 2.24) is 15.1 Å². The topological polar surface area (TPSA) is 52.2 Å². The number of aromatic amines is 1. The largest absolute Gasteiger partial charge is 0.368 e. The van der Waals surface area contributed by atoms with E-state index in [0.717, 1.165) is 47.1 Å². The highest BCUT2D eigenvalue weighted by Gasteiger charge is 2.23. The molecule has 0 saturated carbocycles. The minimum atomic E-state index is 0.0795. The van der Waals surface area contributed by atoms with Crippen molar-refractivity contribution in [2.24, 2.45) is 0 Å². The minimum absolute atomic E-state index is 0.0795. The van der Waals surface area contributed by atoms with Gasteiger partial charge in [0.25, 0.3) is 5.91 Å². The zero-order chi connectivity index (χ0) is 16.5. The second-order valence-corrected chi connectivity index (χ2v) is 6.81. The van der Waals surface area contributed by atoms with Crippen molar-refractivity contribution in [2.45, 2.75) is 0 Å². The number of hydrogen-bond donors (Lipinski definition) is 1. The average molecular weight is 385 g/mol. The highest BCUT2D eigenvalue weighted by atomic mass is 79.9. The first-order valence-corrected chi connectivity index (χ1v) is 8.73. The van der Waals surface area contributed by atoms with E-state index in [2.05, 4.69) is 43.2 Å². The maximum Gasteiger partial charge on any atom is 0.254 e. The van der Waals surface area contributed by atoms with E-state index in [4.69, 9.17) is 0 Å². The van der Waals surface area contributed by atoms with Crippen LogP contribution in [0.4, 0.5) is 5.69 Å². The Hall–Kier alpha value is -2.34. The van der Waals surface area contributed by atoms with Crippen LogP contribution in [0.25, 0.3) is 10.9 Å². The van der Waals surface area contributed by atoms with Gasteiger partial charge in [0.1, 0.15) is 0 Å². The van der Waals surface area contributed by atoms with Crippen molar-refractivity contribution in [3.63, 3.8) is 0 Å². The lowest BCUT2D eigenvalue weighted by atomic mass is 10.1. The van der Waals surface area contributed by atoms with Gasteiger partial charge in [-0.15, -0.1) is 0 Å². The van der Waals surface area contributed by atoms with Gasteiger partial charge in [0.05, 0.1) is 17.3 Å². The Morgan fingerprint density at radius 2 is 1.88 bits per heavy atom. The normalized spacial score (nSPS) is 15.0. The second-order valence-electron chi connectivity index (χ2n) is 5.90. The summed E-state index contributed by atoms with van der Waals surface area (Å²) in [5.41, 5.74) is 2.80. The number of H-pyrrole nitrogens is 1. The average Bonchev–Trinajstić information content (AvgIpc) is 3.10. The fourth-order valence-electron chi connectivity index (χ4n) is 3.17. The molecule has 3 aromatic rings. The van der Waals surface area contributed by atoms with E-state index in [9.17, 15) is 4.79 Å². The third-order valence-corrected chi connectivity index (χ3v) is 4.95. The molecule has 1 fully saturated rings. The number of fused-ring (bicyclic) bond motifs is 1. The fourth-order valence-corrected chi connectivity index (χ4v) is 3.55. The molecule has 0 aliphatic carbocycles. The summed E-state index contributed by atoms with van der Waals surface area (Å²) < 4.78 is 1.07. The molecule has 1 amide bonds. The number of amides is 1. The predicted molar refractivity (Wildman–Crippen MR) is 98.4 cm³/mol. The number of hydrogen-bond acceptors (Lipinski definition) is 3. The van der Waals surface area contributed by atoms with Crippen LogP contribution in [0.15, 0.2) is 53.1 Å². The molecule has 1 aromatic heterocycles. The summed E-state index contributed by atoms with van der Waals surface area (Å²) in [5.74, 6) is 0.0795. The highest BCUT2D eigenvalue weighted by Crippen LogP contribution is 2.23. The maximum atomic E-state index is 12.9. The molecule has 2 heterocycles. The standard InChI is InChI=1S/C18H17BrN4O/c19-13-3-1-4-14(11-13)22-7-9-23(10-8-22)18(24)15-5-2-6-17-16(15)12-20-21-17/h1-6,11-12H,7-10H2,(H,20,21). The van der Waals surface area contributed by atoms with E-state index < -0.39 is 0 Å². The summed E-state index contributed by atoms with van der Waals surface area (Å²) in [6.45, 7) is 3.12. The molecule has 5 nitrogen and oxygen atoms in total. The number of piperazine rings is 1. The van der Waals surface area contributed by atoms with E-state index in [-0.39, 0.29) is 5.91 Å². The van der Waals surface area contributed by atoms with Crippen LogP contribution in [0.5, 0.6) is 0 Å². The van der Waals surface area contributed by atoms with E-state index in [1.165, 1.54) is 5.69 Å². The lowest BCUT2D eigenvalue weighted by Crippen LogP contribution is -2.48. The zero-order valence-electron chi connectivity index (χ0n) is 13.1. The number of rotatable bonds is 2. The van der Waals surface area contributed by atoms with Crippen molar-refractivity contribution in [1.29, 1.82) is 0 Å². The number of nitrogens with one attached hydrogen (secondary N) is 1. The van der Waals surface area contributed by atoms with Gasteiger partial charge >= 0.3 is 0 Å². The minimum Gasteiger partial charge on any atom is -0.368 e. The molecular weight excluding hydrogens is 368 g/mol. The Kier molecular flexibility index (Phi) is 3.98. The molecule has 0 radical (unpaired) electrons. The van der Waals surface area contributed by atoms with Gasteiger partial charge in [-0.3, -0.25) is 9.89 Å². The molecule has 6 heteroatoms. The number of halogens is 1. The van der Waals surface area contributed by atoms with Crippen molar-refractivity contribution in [3.8, 4) is 0 Å². The Morgan fingerprint density at radius 3 is 2.67 bits per heavy atom. The lowest BCUT2D eigenvalue weighted by Gasteiger charge is -2.36. The predicted octanol–water partition coefficient (Wildman–Crippen LogP) is 3.29. The summed E-state index contributed by atoms with van der Waals surface area (Å²) in [7, 11) is 0. The molecule has 2 aromatic carbocycles. The molecular formula is C18H17BrN4O. The number of carbonyl (C=O) groups excluding carboxylic acids is 1. The van der Waals surface area contributed by atoms with E-state index in [1.54, 1.807) is 6.20 Å². The molecule has 122 valence electrons. The molecule has 0 bridgehead atoms. The first-order valence-electron chi connectivity index (χ1n) is 7.94. The Balaban J connectivity index is 1.49. The molecule has 0 unspecified atom stereocenters. The molecule has 1 saturated heterocycles. The van der Waals surface area contributed by atoms with Crippen LogP contribution in [0.3, 0.4) is 0 Å². The van der Waals surface area contributed by atoms with Gasteiger partial charge in [-0.2, -0.15) is 5.10 Å². The van der Waals surface area contributed by atoms with Crippen LogP contribution in [-0.4, -0.2) is 47.2 Å². The van der Waals surface area contributed by atoms with Crippen LogP contribution in [0.2, 0.25) is 0 Å². The molecule has 0 atom stereocenters. The summed E-state index contributed by atoms with van der Waals surface area (Å²) in [6, 6.07) is 14.0. The van der Waals surface area contributed by atoms with Gasteiger partial charge < -0.3 is 9.80 Å². The van der Waals surface area contributed by atoms with Crippen LogP contribution < -0.4 is 4.90 Å². The first-order chi connectivity index (χ1) is 11.7. The van der Waals surface area contributed by atoms with E-state index in [0.29, 0.717) is 0 Å². The highest BCUT2D eigenvalue weighted by molar-refractivity contribution is 9.10. The van der Waals surface area contributed by atoms with Crippen LogP contribution in [-0.2, 0) is 0 Å². The summed E-state index contributed by atoms with van der Waals surface area (Å²) in [6.07, 6.45) is 1.72. The first kappa shape index (κ1) is 15.2. The van der Waals surface area contributed by atoms with Gasteiger partial charge in [-0.05, 0) is 30.3 Å². The summed E-state index contributed by atoms with van der Waals surface area (Å²) in [4.78, 5) is 17.1. The monoisotopic (exact) mass is 384 g/mol. The number of carbonyl (C=O) groups is 1. The van der Waals surface area contributed by atoms with Crippen molar-refractivity contribution in [3.05, 3.63) is 58.7 Å². The number of anilines is 1. The quantitative estimate of drug-likeness (QED) is 0.737. The number of benzene rings is 2. The van der Waals surface area contributed by atoms with Crippen LogP contribution >= 0.6 is 15.9 Å². The van der Waals surface area contributed by atoms with Gasteiger partial charge in [0.2, 0.25) is 0 Å². The number of nitrogens with zero attached hydrogens (tertiary/aromatic N) is 3. The molecule has 4 rings (SSSR count). The van der Waals surface area contributed by atoms with Crippen LogP contribution in [0.1, 0.15) is 10.4 Å².